The predicted molar refractivity (Wildman–Crippen MR) is 57.1 cm³/mol. The molecule has 1 heterocycles. The van der Waals surface area contributed by atoms with Gasteiger partial charge in [-0.2, -0.15) is 0 Å². The van der Waals surface area contributed by atoms with Crippen LogP contribution in [0.2, 0.25) is 0 Å². The molecular formula is C9H11BrN2O2. The lowest BCUT2D eigenvalue weighted by Gasteiger charge is -2.05. The van der Waals surface area contributed by atoms with Crippen molar-refractivity contribution in [3.63, 3.8) is 0 Å². The normalized spacial score (nSPS) is 9.86. The van der Waals surface area contributed by atoms with E-state index in [1.165, 1.54) is 0 Å². The van der Waals surface area contributed by atoms with Crippen LogP contribution < -0.4 is 5.32 Å². The maximum atomic E-state index is 11.3. The van der Waals surface area contributed by atoms with Crippen molar-refractivity contribution in [1.29, 1.82) is 0 Å². The summed E-state index contributed by atoms with van der Waals surface area (Å²) in [6, 6.07) is 1.73. The fourth-order valence-corrected chi connectivity index (χ4v) is 1.23. The molecule has 1 amide bonds. The van der Waals surface area contributed by atoms with Gasteiger partial charge in [0.15, 0.2) is 0 Å². The molecule has 0 aliphatic rings. The Hall–Kier alpha value is -0.940. The van der Waals surface area contributed by atoms with Gasteiger partial charge in [0.25, 0.3) is 0 Å². The number of ether oxygens (including phenoxy) is 1. The second-order valence-corrected chi connectivity index (χ2v) is 3.50. The SMILES string of the molecule is COCCC(=O)Nc1ccncc1Br. The van der Waals surface area contributed by atoms with Gasteiger partial charge in [-0.25, -0.2) is 0 Å². The van der Waals surface area contributed by atoms with E-state index in [1.807, 2.05) is 0 Å². The molecule has 0 bridgehead atoms. The van der Waals surface area contributed by atoms with Gasteiger partial charge in [0, 0.05) is 19.5 Å². The van der Waals surface area contributed by atoms with E-state index < -0.39 is 0 Å². The van der Waals surface area contributed by atoms with Crippen LogP contribution in [0.25, 0.3) is 0 Å². The third-order valence-electron chi connectivity index (χ3n) is 1.58. The number of hydrogen-bond donors (Lipinski definition) is 1. The van der Waals surface area contributed by atoms with Crippen LogP contribution in [0.4, 0.5) is 5.69 Å². The zero-order chi connectivity index (χ0) is 10.4. The van der Waals surface area contributed by atoms with Crippen LogP contribution in [-0.4, -0.2) is 24.6 Å². The molecule has 1 N–H and O–H groups in total. The number of methoxy groups -OCH3 is 1. The van der Waals surface area contributed by atoms with E-state index in [1.54, 1.807) is 25.6 Å². The molecule has 0 unspecified atom stereocenters. The number of aromatic nitrogens is 1. The molecule has 0 aromatic carbocycles. The van der Waals surface area contributed by atoms with E-state index in [-0.39, 0.29) is 5.91 Å². The Morgan fingerprint density at radius 2 is 2.50 bits per heavy atom. The highest BCUT2D eigenvalue weighted by Gasteiger charge is 2.04. The zero-order valence-electron chi connectivity index (χ0n) is 7.79. The van der Waals surface area contributed by atoms with Crippen molar-refractivity contribution in [3.8, 4) is 0 Å². The molecule has 4 nitrogen and oxygen atoms in total. The molecule has 0 spiro atoms. The number of pyridine rings is 1. The van der Waals surface area contributed by atoms with Crippen LogP contribution in [0, 0.1) is 0 Å². The van der Waals surface area contributed by atoms with E-state index in [4.69, 9.17) is 4.74 Å². The maximum absolute atomic E-state index is 11.3. The number of carbonyl (C=O) groups is 1. The summed E-state index contributed by atoms with van der Waals surface area (Å²) in [6.45, 7) is 0.425. The highest BCUT2D eigenvalue weighted by molar-refractivity contribution is 9.10. The van der Waals surface area contributed by atoms with Crippen LogP contribution in [0.3, 0.4) is 0 Å². The van der Waals surface area contributed by atoms with E-state index in [0.29, 0.717) is 13.0 Å². The molecule has 5 heteroatoms. The van der Waals surface area contributed by atoms with Crippen molar-refractivity contribution >= 4 is 27.5 Å². The Bertz CT molecular complexity index is 317. The molecule has 1 rings (SSSR count). The van der Waals surface area contributed by atoms with Crippen molar-refractivity contribution in [1.82, 2.24) is 4.98 Å². The van der Waals surface area contributed by atoms with E-state index in [0.717, 1.165) is 10.2 Å². The van der Waals surface area contributed by atoms with E-state index in [2.05, 4.69) is 26.2 Å². The Morgan fingerprint density at radius 1 is 1.71 bits per heavy atom. The minimum absolute atomic E-state index is 0.0706. The number of anilines is 1. The highest BCUT2D eigenvalue weighted by atomic mass is 79.9. The molecule has 1 aromatic heterocycles. The molecule has 76 valence electrons. The van der Waals surface area contributed by atoms with Gasteiger partial charge in [0.1, 0.15) is 0 Å². The first-order chi connectivity index (χ1) is 6.74. The summed E-state index contributed by atoms with van der Waals surface area (Å²) >= 11 is 3.28. The molecule has 0 saturated heterocycles. The zero-order valence-corrected chi connectivity index (χ0v) is 9.37. The van der Waals surface area contributed by atoms with Crippen molar-refractivity contribution in [2.24, 2.45) is 0 Å². The fraction of sp³-hybridized carbons (Fsp3) is 0.333. The summed E-state index contributed by atoms with van der Waals surface area (Å²) in [5.74, 6) is -0.0706. The Balaban J connectivity index is 2.52. The van der Waals surface area contributed by atoms with Crippen LogP contribution in [0.1, 0.15) is 6.42 Å². The largest absolute Gasteiger partial charge is 0.384 e. The third kappa shape index (κ3) is 3.43. The predicted octanol–water partition coefficient (Wildman–Crippen LogP) is 1.82. The summed E-state index contributed by atoms with van der Waals surface area (Å²) in [7, 11) is 1.57. The average molecular weight is 259 g/mol. The maximum Gasteiger partial charge on any atom is 0.226 e. The van der Waals surface area contributed by atoms with Gasteiger partial charge in [0.05, 0.1) is 23.2 Å². The number of rotatable bonds is 4. The topological polar surface area (TPSA) is 51.2 Å². The van der Waals surface area contributed by atoms with Crippen molar-refractivity contribution in [2.45, 2.75) is 6.42 Å². The van der Waals surface area contributed by atoms with Gasteiger partial charge in [-0.1, -0.05) is 0 Å². The molecule has 0 fully saturated rings. The lowest BCUT2D eigenvalue weighted by atomic mass is 10.3. The van der Waals surface area contributed by atoms with Gasteiger partial charge in [-0.15, -0.1) is 0 Å². The summed E-state index contributed by atoms with van der Waals surface area (Å²) in [5, 5.41) is 2.74. The fourth-order valence-electron chi connectivity index (χ4n) is 0.884. The summed E-state index contributed by atoms with van der Waals surface area (Å²) in [5.41, 5.74) is 0.723. The van der Waals surface area contributed by atoms with Crippen LogP contribution in [0.5, 0.6) is 0 Å². The number of hydrogen-bond acceptors (Lipinski definition) is 3. The first-order valence-corrected chi connectivity index (χ1v) is 4.91. The summed E-state index contributed by atoms with van der Waals surface area (Å²) in [6.07, 6.45) is 3.61. The number of carbonyl (C=O) groups excluding carboxylic acids is 1. The van der Waals surface area contributed by atoms with Gasteiger partial charge in [-0.05, 0) is 22.0 Å². The number of amides is 1. The van der Waals surface area contributed by atoms with Crippen molar-refractivity contribution < 1.29 is 9.53 Å². The van der Waals surface area contributed by atoms with Crippen LogP contribution in [0.15, 0.2) is 22.9 Å². The minimum Gasteiger partial charge on any atom is -0.384 e. The van der Waals surface area contributed by atoms with Gasteiger partial charge in [-0.3, -0.25) is 9.78 Å². The summed E-state index contributed by atoms with van der Waals surface area (Å²) in [4.78, 5) is 15.2. The lowest BCUT2D eigenvalue weighted by molar-refractivity contribution is -0.117. The van der Waals surface area contributed by atoms with Crippen molar-refractivity contribution in [3.05, 3.63) is 22.9 Å². The first kappa shape index (κ1) is 11.1. The molecule has 1 aromatic rings. The van der Waals surface area contributed by atoms with Gasteiger partial charge >= 0.3 is 0 Å². The average Bonchev–Trinajstić information content (AvgIpc) is 2.18. The Labute approximate surface area is 90.8 Å². The van der Waals surface area contributed by atoms with Gasteiger partial charge < -0.3 is 10.1 Å². The monoisotopic (exact) mass is 258 g/mol. The van der Waals surface area contributed by atoms with Crippen LogP contribution in [-0.2, 0) is 9.53 Å². The second-order valence-electron chi connectivity index (χ2n) is 2.65. The quantitative estimate of drug-likeness (QED) is 0.897. The van der Waals surface area contributed by atoms with E-state index >= 15 is 0 Å². The standard InChI is InChI=1S/C9H11BrN2O2/c1-14-5-3-9(13)12-8-2-4-11-6-7(8)10/h2,4,6H,3,5H2,1H3,(H,11,12,13). The van der Waals surface area contributed by atoms with Gasteiger partial charge in [0.2, 0.25) is 5.91 Å². The Morgan fingerprint density at radius 3 is 3.14 bits per heavy atom. The smallest absolute Gasteiger partial charge is 0.226 e. The molecular weight excluding hydrogens is 248 g/mol. The lowest BCUT2D eigenvalue weighted by Crippen LogP contribution is -2.13. The molecule has 0 saturated carbocycles. The second kappa shape index (κ2) is 5.72. The molecule has 0 aliphatic carbocycles. The summed E-state index contributed by atoms with van der Waals surface area (Å²) < 4.78 is 5.56. The number of nitrogens with zero attached hydrogens (tertiary/aromatic N) is 1. The molecule has 0 aliphatic heterocycles. The van der Waals surface area contributed by atoms with Crippen LogP contribution >= 0.6 is 15.9 Å². The Kier molecular flexibility index (Phi) is 4.55. The molecule has 0 radical (unpaired) electrons. The first-order valence-electron chi connectivity index (χ1n) is 4.12. The molecule has 14 heavy (non-hydrogen) atoms. The number of halogens is 1. The molecule has 0 atom stereocenters. The highest BCUT2D eigenvalue weighted by Crippen LogP contribution is 2.19. The number of nitrogens with one attached hydrogen (secondary N) is 1. The minimum atomic E-state index is -0.0706. The van der Waals surface area contributed by atoms with E-state index in [9.17, 15) is 4.79 Å². The third-order valence-corrected chi connectivity index (χ3v) is 2.21. The van der Waals surface area contributed by atoms with Crippen molar-refractivity contribution in [2.75, 3.05) is 19.0 Å².